The summed E-state index contributed by atoms with van der Waals surface area (Å²) in [5.74, 6) is 0. The molecule has 0 bridgehead atoms. The average molecular weight is 187 g/mol. The van der Waals surface area contributed by atoms with Crippen molar-refractivity contribution in [3.63, 3.8) is 0 Å². The molecule has 1 aromatic heterocycles. The number of pyridine rings is 1. The van der Waals surface area contributed by atoms with E-state index in [1.807, 2.05) is 12.1 Å². The lowest BCUT2D eigenvalue weighted by atomic mass is 10.1. The summed E-state index contributed by atoms with van der Waals surface area (Å²) in [6.45, 7) is 10.5. The van der Waals surface area contributed by atoms with Gasteiger partial charge in [0.05, 0.1) is 12.1 Å². The van der Waals surface area contributed by atoms with Crippen LogP contribution in [0.3, 0.4) is 0 Å². The van der Waals surface area contributed by atoms with Crippen LogP contribution in [-0.4, -0.2) is 5.71 Å². The molecule has 1 aliphatic rings. The first kappa shape index (κ1) is 10.4. The quantitative estimate of drug-likeness (QED) is 0.472. The van der Waals surface area contributed by atoms with Crippen LogP contribution in [0, 0.1) is 0 Å². The molecule has 2 nitrogen and oxygen atoms in total. The zero-order valence-corrected chi connectivity index (χ0v) is 8.32. The Labute approximate surface area is 84.9 Å². The standard InChI is InChI=1S/C10H11N2.C2H4/c1-2-9-7-10-5-3-4-6-12(10)8-11-9;1-2/h2-6H,1,7-8H2;1-2H2/q+1;. The topological polar surface area (TPSA) is 16.2 Å². The van der Waals surface area contributed by atoms with Gasteiger partial charge in [0.2, 0.25) is 6.67 Å². The largest absolute Gasteiger partial charge is 0.241 e. The van der Waals surface area contributed by atoms with E-state index in [1.54, 1.807) is 0 Å². The molecule has 0 aliphatic carbocycles. The normalized spacial score (nSPS) is 13.0. The van der Waals surface area contributed by atoms with Crippen molar-refractivity contribution in [3.8, 4) is 0 Å². The molecule has 0 fully saturated rings. The van der Waals surface area contributed by atoms with Crippen LogP contribution in [0.2, 0.25) is 0 Å². The van der Waals surface area contributed by atoms with Crippen LogP contribution >= 0.6 is 0 Å². The van der Waals surface area contributed by atoms with Crippen LogP contribution in [-0.2, 0) is 13.1 Å². The highest BCUT2D eigenvalue weighted by Crippen LogP contribution is 2.01. The van der Waals surface area contributed by atoms with E-state index in [9.17, 15) is 0 Å². The van der Waals surface area contributed by atoms with Crippen LogP contribution in [0.5, 0.6) is 0 Å². The van der Waals surface area contributed by atoms with Crippen LogP contribution in [0.1, 0.15) is 5.69 Å². The van der Waals surface area contributed by atoms with E-state index in [2.05, 4.69) is 47.6 Å². The highest BCUT2D eigenvalue weighted by molar-refractivity contribution is 5.95. The first-order chi connectivity index (χ1) is 6.90. The second kappa shape index (κ2) is 5.12. The van der Waals surface area contributed by atoms with Gasteiger partial charge in [-0.05, 0) is 6.08 Å². The SMILES string of the molecule is C=C.C=CC1=NC[n+]2ccccc2C1. The van der Waals surface area contributed by atoms with Crippen LogP contribution < -0.4 is 4.57 Å². The van der Waals surface area contributed by atoms with Gasteiger partial charge in [-0.25, -0.2) is 4.99 Å². The fourth-order valence-corrected chi connectivity index (χ4v) is 1.36. The summed E-state index contributed by atoms with van der Waals surface area (Å²) < 4.78 is 2.15. The summed E-state index contributed by atoms with van der Waals surface area (Å²) in [6, 6.07) is 6.20. The third kappa shape index (κ3) is 2.16. The Kier molecular flexibility index (Phi) is 3.80. The molecule has 14 heavy (non-hydrogen) atoms. The molecular formula is C12H15N2+. The second-order valence-electron chi connectivity index (χ2n) is 2.83. The minimum Gasteiger partial charge on any atom is -0.224 e. The molecule has 0 N–H and O–H groups in total. The lowest BCUT2D eigenvalue weighted by molar-refractivity contribution is -0.703. The van der Waals surface area contributed by atoms with E-state index >= 15 is 0 Å². The van der Waals surface area contributed by atoms with Gasteiger partial charge in [-0.1, -0.05) is 12.6 Å². The highest BCUT2D eigenvalue weighted by atomic mass is 15.1. The van der Waals surface area contributed by atoms with Gasteiger partial charge < -0.3 is 0 Å². The van der Waals surface area contributed by atoms with Gasteiger partial charge in [0.1, 0.15) is 0 Å². The van der Waals surface area contributed by atoms with E-state index in [0.29, 0.717) is 0 Å². The first-order valence-electron chi connectivity index (χ1n) is 4.53. The zero-order valence-electron chi connectivity index (χ0n) is 8.32. The van der Waals surface area contributed by atoms with E-state index < -0.39 is 0 Å². The third-order valence-corrected chi connectivity index (χ3v) is 2.06. The molecular weight excluding hydrogens is 172 g/mol. The molecule has 1 aromatic rings. The molecule has 0 saturated heterocycles. The highest BCUT2D eigenvalue weighted by Gasteiger charge is 2.14. The number of aromatic nitrogens is 1. The molecule has 2 heteroatoms. The number of nitrogens with zero attached hydrogens (tertiary/aromatic N) is 2. The Hall–Kier alpha value is -1.70. The summed E-state index contributed by atoms with van der Waals surface area (Å²) in [5.41, 5.74) is 2.39. The number of hydrogen-bond donors (Lipinski definition) is 0. The minimum atomic E-state index is 0.734. The molecule has 0 spiro atoms. The molecule has 1 aliphatic heterocycles. The maximum atomic E-state index is 4.35. The predicted octanol–water partition coefficient (Wildman–Crippen LogP) is 1.92. The van der Waals surface area contributed by atoms with Gasteiger partial charge in [0.15, 0.2) is 11.9 Å². The van der Waals surface area contributed by atoms with Crippen molar-refractivity contribution in [1.82, 2.24) is 0 Å². The maximum Gasteiger partial charge on any atom is 0.241 e. The zero-order chi connectivity index (χ0) is 10.4. The molecule has 0 aromatic carbocycles. The monoisotopic (exact) mass is 187 g/mol. The number of allylic oxidation sites excluding steroid dienone is 1. The molecule has 72 valence electrons. The first-order valence-corrected chi connectivity index (χ1v) is 4.53. The van der Waals surface area contributed by atoms with Crippen molar-refractivity contribution >= 4 is 5.71 Å². The average Bonchev–Trinajstić information content (AvgIpc) is 2.31. The molecule has 0 saturated carbocycles. The summed E-state index contributed by atoms with van der Waals surface area (Å²) in [4.78, 5) is 4.35. The van der Waals surface area contributed by atoms with Crippen molar-refractivity contribution in [1.29, 1.82) is 0 Å². The third-order valence-electron chi connectivity index (χ3n) is 2.06. The fraction of sp³-hybridized carbons (Fsp3) is 0.167. The van der Waals surface area contributed by atoms with Gasteiger partial charge in [-0.2, -0.15) is 4.57 Å². The Balaban J connectivity index is 0.000000461. The Morgan fingerprint density at radius 2 is 2.14 bits per heavy atom. The number of aliphatic imine (C=N–C) groups is 1. The maximum absolute atomic E-state index is 4.35. The second-order valence-corrected chi connectivity index (χ2v) is 2.83. The van der Waals surface area contributed by atoms with E-state index in [1.165, 1.54) is 5.69 Å². The Morgan fingerprint density at radius 1 is 1.36 bits per heavy atom. The number of hydrogen-bond acceptors (Lipinski definition) is 1. The summed E-state index contributed by atoms with van der Waals surface area (Å²) in [7, 11) is 0. The van der Waals surface area contributed by atoms with Crippen molar-refractivity contribution < 1.29 is 4.57 Å². The minimum absolute atomic E-state index is 0.734. The van der Waals surface area contributed by atoms with Gasteiger partial charge in [-0.15, -0.1) is 13.2 Å². The van der Waals surface area contributed by atoms with Crippen molar-refractivity contribution in [3.05, 3.63) is 55.9 Å². The smallest absolute Gasteiger partial charge is 0.224 e. The van der Waals surface area contributed by atoms with Crippen LogP contribution in [0.25, 0.3) is 0 Å². The Bertz CT molecular complexity index is 353. The summed E-state index contributed by atoms with van der Waals surface area (Å²) in [6.07, 6.45) is 4.79. The van der Waals surface area contributed by atoms with Gasteiger partial charge in [0, 0.05) is 12.1 Å². The molecule has 0 atom stereocenters. The van der Waals surface area contributed by atoms with Gasteiger partial charge in [0.25, 0.3) is 0 Å². The van der Waals surface area contributed by atoms with E-state index in [0.717, 1.165) is 18.8 Å². The molecule has 2 rings (SSSR count). The van der Waals surface area contributed by atoms with Crippen LogP contribution in [0.4, 0.5) is 0 Å². The summed E-state index contributed by atoms with van der Waals surface area (Å²) >= 11 is 0. The predicted molar refractivity (Wildman–Crippen MR) is 59.2 cm³/mol. The number of rotatable bonds is 1. The lowest BCUT2D eigenvalue weighted by Gasteiger charge is -2.07. The van der Waals surface area contributed by atoms with E-state index in [4.69, 9.17) is 0 Å². The molecule has 0 amide bonds. The summed E-state index contributed by atoms with van der Waals surface area (Å²) in [5, 5.41) is 0. The van der Waals surface area contributed by atoms with E-state index in [-0.39, 0.29) is 0 Å². The van der Waals surface area contributed by atoms with Crippen molar-refractivity contribution in [2.24, 2.45) is 4.99 Å². The lowest BCUT2D eigenvalue weighted by Crippen LogP contribution is -2.41. The Morgan fingerprint density at radius 3 is 2.86 bits per heavy atom. The van der Waals surface area contributed by atoms with Gasteiger partial charge >= 0.3 is 0 Å². The molecule has 2 heterocycles. The number of fused-ring (bicyclic) bond motifs is 1. The van der Waals surface area contributed by atoms with Crippen molar-refractivity contribution in [2.75, 3.05) is 0 Å². The fourth-order valence-electron chi connectivity index (χ4n) is 1.36. The van der Waals surface area contributed by atoms with Crippen LogP contribution in [0.15, 0.2) is 55.2 Å². The molecule has 0 unspecified atom stereocenters. The molecule has 0 radical (unpaired) electrons. The van der Waals surface area contributed by atoms with Crippen molar-refractivity contribution in [2.45, 2.75) is 13.1 Å². The van der Waals surface area contributed by atoms with Gasteiger partial charge in [-0.3, -0.25) is 0 Å².